The van der Waals surface area contributed by atoms with Gasteiger partial charge in [0.05, 0.1) is 30.1 Å². The van der Waals surface area contributed by atoms with Crippen LogP contribution in [0.4, 0.5) is 0 Å². The number of aryl methyl sites for hydroxylation is 1. The molecule has 0 aliphatic rings. The minimum atomic E-state index is -0.0865. The van der Waals surface area contributed by atoms with Gasteiger partial charge in [0.2, 0.25) is 0 Å². The average Bonchev–Trinajstić information content (AvgIpc) is 3.19. The number of amides is 1. The summed E-state index contributed by atoms with van der Waals surface area (Å²) in [5, 5.41) is 5.00. The SMILES string of the molecule is COc1ccc2c(C(=O)N(C)Cc3cccnc3)cc(-c3cnn(C)c3)nc2c1. The first-order valence-corrected chi connectivity index (χ1v) is 9.17. The van der Waals surface area contributed by atoms with E-state index < -0.39 is 0 Å². The number of hydrogen-bond acceptors (Lipinski definition) is 5. The molecule has 7 heteroatoms. The summed E-state index contributed by atoms with van der Waals surface area (Å²) in [4.78, 5) is 23.9. The molecule has 7 nitrogen and oxygen atoms in total. The second kappa shape index (κ2) is 7.71. The van der Waals surface area contributed by atoms with E-state index in [2.05, 4.69) is 10.1 Å². The first-order chi connectivity index (χ1) is 14.0. The molecule has 0 saturated heterocycles. The molecule has 0 saturated carbocycles. The number of rotatable bonds is 5. The van der Waals surface area contributed by atoms with Crippen molar-refractivity contribution in [1.82, 2.24) is 24.6 Å². The van der Waals surface area contributed by atoms with E-state index in [1.807, 2.05) is 49.6 Å². The van der Waals surface area contributed by atoms with E-state index >= 15 is 0 Å². The summed E-state index contributed by atoms with van der Waals surface area (Å²) in [5.41, 5.74) is 3.79. The first-order valence-electron chi connectivity index (χ1n) is 9.17. The van der Waals surface area contributed by atoms with Gasteiger partial charge in [-0.25, -0.2) is 4.98 Å². The number of pyridine rings is 2. The van der Waals surface area contributed by atoms with Gasteiger partial charge in [-0.1, -0.05) is 6.07 Å². The Morgan fingerprint density at radius 3 is 2.76 bits per heavy atom. The van der Waals surface area contributed by atoms with Gasteiger partial charge in [-0.3, -0.25) is 14.5 Å². The maximum atomic E-state index is 13.3. The molecule has 0 N–H and O–H groups in total. The summed E-state index contributed by atoms with van der Waals surface area (Å²) < 4.78 is 7.05. The van der Waals surface area contributed by atoms with Crippen molar-refractivity contribution in [1.29, 1.82) is 0 Å². The largest absolute Gasteiger partial charge is 0.497 e. The normalized spacial score (nSPS) is 10.9. The fraction of sp³-hybridized carbons (Fsp3) is 0.182. The van der Waals surface area contributed by atoms with E-state index in [0.29, 0.717) is 29.1 Å². The van der Waals surface area contributed by atoms with Crippen molar-refractivity contribution in [3.8, 4) is 17.0 Å². The molecule has 0 fully saturated rings. The lowest BCUT2D eigenvalue weighted by Gasteiger charge is -2.19. The number of ether oxygens (including phenoxy) is 1. The molecular weight excluding hydrogens is 366 g/mol. The molecular formula is C22H21N5O2. The number of carbonyl (C=O) groups excluding carboxylic acids is 1. The molecule has 29 heavy (non-hydrogen) atoms. The van der Waals surface area contributed by atoms with Crippen molar-refractivity contribution < 1.29 is 9.53 Å². The van der Waals surface area contributed by atoms with Crippen molar-refractivity contribution in [2.45, 2.75) is 6.54 Å². The highest BCUT2D eigenvalue weighted by atomic mass is 16.5. The van der Waals surface area contributed by atoms with E-state index in [0.717, 1.165) is 16.5 Å². The van der Waals surface area contributed by atoms with E-state index in [4.69, 9.17) is 9.72 Å². The Labute approximate surface area is 168 Å². The molecule has 0 unspecified atom stereocenters. The van der Waals surface area contributed by atoms with Gasteiger partial charge in [-0.05, 0) is 29.8 Å². The molecule has 0 spiro atoms. The summed E-state index contributed by atoms with van der Waals surface area (Å²) in [6, 6.07) is 11.2. The summed E-state index contributed by atoms with van der Waals surface area (Å²) in [6.45, 7) is 0.467. The van der Waals surface area contributed by atoms with Crippen LogP contribution in [-0.2, 0) is 13.6 Å². The standard InChI is InChI=1S/C22H21N5O2/c1-26(13-15-5-4-8-23-11-15)22(28)19-10-20(16-12-24-27(2)14-16)25-21-9-17(29-3)6-7-18(19)21/h4-12,14H,13H2,1-3H3. The van der Waals surface area contributed by atoms with Gasteiger partial charge in [0.25, 0.3) is 5.91 Å². The molecule has 3 aromatic heterocycles. The zero-order valence-electron chi connectivity index (χ0n) is 16.5. The Kier molecular flexibility index (Phi) is 4.95. The van der Waals surface area contributed by atoms with Crippen LogP contribution in [0, 0.1) is 0 Å². The number of nitrogens with zero attached hydrogens (tertiary/aromatic N) is 5. The molecule has 1 aromatic carbocycles. The Morgan fingerprint density at radius 1 is 1.21 bits per heavy atom. The maximum absolute atomic E-state index is 13.3. The molecule has 0 radical (unpaired) electrons. The van der Waals surface area contributed by atoms with Gasteiger partial charge in [0.1, 0.15) is 5.75 Å². The van der Waals surface area contributed by atoms with Crippen LogP contribution in [0.15, 0.2) is 61.2 Å². The van der Waals surface area contributed by atoms with E-state index in [9.17, 15) is 4.79 Å². The third-order valence-electron chi connectivity index (χ3n) is 4.74. The Bertz CT molecular complexity index is 1170. The van der Waals surface area contributed by atoms with Gasteiger partial charge < -0.3 is 9.64 Å². The molecule has 146 valence electrons. The summed E-state index contributed by atoms with van der Waals surface area (Å²) >= 11 is 0. The second-order valence-corrected chi connectivity index (χ2v) is 6.86. The zero-order chi connectivity index (χ0) is 20.4. The summed E-state index contributed by atoms with van der Waals surface area (Å²) in [7, 11) is 5.25. The van der Waals surface area contributed by atoms with Gasteiger partial charge in [0, 0.05) is 56.2 Å². The summed E-state index contributed by atoms with van der Waals surface area (Å²) in [6.07, 6.45) is 7.10. The molecule has 0 bridgehead atoms. The van der Waals surface area contributed by atoms with Crippen LogP contribution in [0.3, 0.4) is 0 Å². The predicted octanol–water partition coefficient (Wildman–Crippen LogP) is 3.31. The van der Waals surface area contributed by atoms with Gasteiger partial charge >= 0.3 is 0 Å². The third-order valence-corrected chi connectivity index (χ3v) is 4.74. The van der Waals surface area contributed by atoms with Crippen LogP contribution in [-0.4, -0.2) is 44.7 Å². The van der Waals surface area contributed by atoms with Crippen LogP contribution in [0.1, 0.15) is 15.9 Å². The third kappa shape index (κ3) is 3.80. The Morgan fingerprint density at radius 2 is 2.07 bits per heavy atom. The monoisotopic (exact) mass is 387 g/mol. The van der Waals surface area contributed by atoms with Gasteiger partial charge in [-0.15, -0.1) is 0 Å². The van der Waals surface area contributed by atoms with Crippen molar-refractivity contribution >= 4 is 16.8 Å². The Hall–Kier alpha value is -3.74. The Balaban J connectivity index is 1.79. The molecule has 0 aliphatic carbocycles. The number of fused-ring (bicyclic) bond motifs is 1. The van der Waals surface area contributed by atoms with Crippen molar-refractivity contribution in [3.05, 3.63) is 72.3 Å². The highest BCUT2D eigenvalue weighted by Crippen LogP contribution is 2.28. The number of benzene rings is 1. The molecule has 4 aromatic rings. The van der Waals surface area contributed by atoms with Crippen LogP contribution in [0.2, 0.25) is 0 Å². The summed E-state index contributed by atoms with van der Waals surface area (Å²) in [5.74, 6) is 0.604. The highest BCUT2D eigenvalue weighted by molar-refractivity contribution is 6.07. The first kappa shape index (κ1) is 18.6. The quantitative estimate of drug-likeness (QED) is 0.525. The minimum absolute atomic E-state index is 0.0865. The number of methoxy groups -OCH3 is 1. The van der Waals surface area contributed by atoms with Gasteiger partial charge in [-0.2, -0.15) is 5.10 Å². The van der Waals surface area contributed by atoms with Crippen LogP contribution in [0.25, 0.3) is 22.2 Å². The molecule has 4 rings (SSSR count). The van der Waals surface area contributed by atoms with Crippen LogP contribution in [0.5, 0.6) is 5.75 Å². The smallest absolute Gasteiger partial charge is 0.254 e. The van der Waals surface area contributed by atoms with Crippen molar-refractivity contribution in [3.63, 3.8) is 0 Å². The lowest BCUT2D eigenvalue weighted by molar-refractivity contribution is 0.0787. The highest BCUT2D eigenvalue weighted by Gasteiger charge is 2.19. The molecule has 3 heterocycles. The predicted molar refractivity (Wildman–Crippen MR) is 111 cm³/mol. The van der Waals surface area contributed by atoms with E-state index in [-0.39, 0.29) is 5.91 Å². The van der Waals surface area contributed by atoms with Crippen molar-refractivity contribution in [2.24, 2.45) is 7.05 Å². The molecule has 1 amide bonds. The number of aromatic nitrogens is 4. The topological polar surface area (TPSA) is 73.1 Å². The lowest BCUT2D eigenvalue weighted by Crippen LogP contribution is -2.26. The van der Waals surface area contributed by atoms with Crippen LogP contribution < -0.4 is 4.74 Å². The second-order valence-electron chi connectivity index (χ2n) is 6.86. The fourth-order valence-electron chi connectivity index (χ4n) is 3.26. The minimum Gasteiger partial charge on any atom is -0.497 e. The molecule has 0 aliphatic heterocycles. The van der Waals surface area contributed by atoms with Gasteiger partial charge in [0.15, 0.2) is 0 Å². The van der Waals surface area contributed by atoms with E-state index in [1.54, 1.807) is 42.3 Å². The zero-order valence-corrected chi connectivity index (χ0v) is 16.5. The number of carbonyl (C=O) groups is 1. The average molecular weight is 387 g/mol. The molecule has 0 atom stereocenters. The fourth-order valence-corrected chi connectivity index (χ4v) is 3.26. The van der Waals surface area contributed by atoms with Crippen molar-refractivity contribution in [2.75, 3.05) is 14.2 Å². The van der Waals surface area contributed by atoms with E-state index in [1.165, 1.54) is 0 Å². The maximum Gasteiger partial charge on any atom is 0.254 e. The van der Waals surface area contributed by atoms with Crippen LogP contribution >= 0.6 is 0 Å². The lowest BCUT2D eigenvalue weighted by atomic mass is 10.0. The number of hydrogen-bond donors (Lipinski definition) is 0.